The molecule has 0 unspecified atom stereocenters. The summed E-state index contributed by atoms with van der Waals surface area (Å²) in [4.78, 5) is 7.31. The third-order valence-electron chi connectivity index (χ3n) is 6.23. The first-order chi connectivity index (χ1) is 13.8. The van der Waals surface area contributed by atoms with E-state index in [0.717, 1.165) is 68.1 Å². The van der Waals surface area contributed by atoms with Crippen LogP contribution in [-0.4, -0.2) is 57.2 Å². The van der Waals surface area contributed by atoms with E-state index in [1.54, 1.807) is 0 Å². The second kappa shape index (κ2) is 7.64. The van der Waals surface area contributed by atoms with Gasteiger partial charge in [-0.15, -0.1) is 0 Å². The van der Waals surface area contributed by atoms with Crippen molar-refractivity contribution in [2.75, 3.05) is 26.3 Å². The highest BCUT2D eigenvalue weighted by molar-refractivity contribution is 5.83. The van der Waals surface area contributed by atoms with Crippen LogP contribution in [0, 0.1) is 0 Å². The average Bonchev–Trinajstić information content (AvgIpc) is 3.39. The van der Waals surface area contributed by atoms with Crippen molar-refractivity contribution in [1.29, 1.82) is 0 Å². The Hall–Kier alpha value is -2.25. The van der Waals surface area contributed by atoms with E-state index < -0.39 is 0 Å². The summed E-state index contributed by atoms with van der Waals surface area (Å²) in [6.07, 6.45) is 5.46. The van der Waals surface area contributed by atoms with Gasteiger partial charge in [0.1, 0.15) is 0 Å². The van der Waals surface area contributed by atoms with Gasteiger partial charge in [0.25, 0.3) is 5.95 Å². The molecule has 1 aliphatic heterocycles. The summed E-state index contributed by atoms with van der Waals surface area (Å²) in [7, 11) is 0. The smallest absolute Gasteiger partial charge is 0.291 e. The lowest BCUT2D eigenvalue weighted by molar-refractivity contribution is 0.00659. The molecule has 2 aliphatic rings. The highest BCUT2D eigenvalue weighted by Gasteiger charge is 2.30. The number of fused-ring (bicyclic) bond motifs is 1. The van der Waals surface area contributed by atoms with E-state index in [0.29, 0.717) is 17.9 Å². The van der Waals surface area contributed by atoms with Crippen LogP contribution in [0.2, 0.25) is 0 Å². The summed E-state index contributed by atoms with van der Waals surface area (Å²) in [5, 5.41) is 10.1. The number of hydrogen-bond acceptors (Lipinski definition) is 6. The molecule has 1 aliphatic carbocycles. The first-order valence-corrected chi connectivity index (χ1v) is 10.5. The lowest BCUT2D eigenvalue weighted by atomic mass is 9.85. The minimum absolute atomic E-state index is 0.353. The molecule has 3 heterocycles. The highest BCUT2D eigenvalue weighted by atomic mass is 16.5. The van der Waals surface area contributed by atoms with Crippen molar-refractivity contribution in [2.24, 2.45) is 0 Å². The minimum Gasteiger partial charge on any atom is -0.379 e. The summed E-state index contributed by atoms with van der Waals surface area (Å²) < 4.78 is 13.0. The average molecular weight is 381 g/mol. The molecule has 5 rings (SSSR count). The largest absolute Gasteiger partial charge is 0.379 e. The molecule has 2 fully saturated rings. The molecule has 1 saturated heterocycles. The van der Waals surface area contributed by atoms with Gasteiger partial charge >= 0.3 is 0 Å². The summed E-state index contributed by atoms with van der Waals surface area (Å²) in [6, 6.07) is 8.90. The van der Waals surface area contributed by atoms with Crippen molar-refractivity contribution >= 4 is 10.9 Å². The van der Waals surface area contributed by atoms with E-state index in [-0.39, 0.29) is 0 Å². The monoisotopic (exact) mass is 381 g/mol. The zero-order chi connectivity index (χ0) is 18.9. The van der Waals surface area contributed by atoms with Crippen LogP contribution < -0.4 is 0 Å². The van der Waals surface area contributed by atoms with Gasteiger partial charge in [-0.1, -0.05) is 25.1 Å². The van der Waals surface area contributed by atoms with E-state index in [2.05, 4.69) is 29.1 Å². The predicted octanol–water partition coefficient (Wildman–Crippen LogP) is 3.33. The van der Waals surface area contributed by atoms with Crippen molar-refractivity contribution in [1.82, 2.24) is 24.8 Å². The SMILES string of the molecule is CCc1nn(-c2noc(C3CCC(N4CCOCC4)CC3)n2)c2ccccc12. The van der Waals surface area contributed by atoms with Crippen LogP contribution in [0.3, 0.4) is 0 Å². The Bertz CT molecular complexity index is 935. The fraction of sp³-hybridized carbons (Fsp3) is 0.571. The van der Waals surface area contributed by atoms with Crippen molar-refractivity contribution in [3.63, 3.8) is 0 Å². The molecule has 0 atom stereocenters. The Morgan fingerprint density at radius 3 is 2.64 bits per heavy atom. The van der Waals surface area contributed by atoms with Crippen LogP contribution in [0.15, 0.2) is 28.8 Å². The van der Waals surface area contributed by atoms with Crippen LogP contribution in [0.1, 0.15) is 50.1 Å². The summed E-state index contributed by atoms with van der Waals surface area (Å²) >= 11 is 0. The Kier molecular flexibility index (Phi) is 4.86. The number of nitrogens with zero attached hydrogens (tertiary/aromatic N) is 5. The van der Waals surface area contributed by atoms with E-state index in [1.807, 2.05) is 16.8 Å². The number of hydrogen-bond donors (Lipinski definition) is 0. The topological polar surface area (TPSA) is 69.2 Å². The molecule has 148 valence electrons. The van der Waals surface area contributed by atoms with Gasteiger partial charge < -0.3 is 9.26 Å². The van der Waals surface area contributed by atoms with Crippen LogP contribution in [0.5, 0.6) is 0 Å². The molecule has 3 aromatic rings. The van der Waals surface area contributed by atoms with E-state index in [4.69, 9.17) is 19.3 Å². The maximum absolute atomic E-state index is 5.68. The van der Waals surface area contributed by atoms with Crippen molar-refractivity contribution in [3.05, 3.63) is 35.9 Å². The number of aryl methyl sites for hydroxylation is 1. The number of rotatable bonds is 4. The number of morpholine rings is 1. The first-order valence-electron chi connectivity index (χ1n) is 10.5. The Balaban J connectivity index is 1.32. The van der Waals surface area contributed by atoms with Gasteiger partial charge in [0.05, 0.1) is 24.4 Å². The van der Waals surface area contributed by atoms with Gasteiger partial charge in [0.2, 0.25) is 5.89 Å². The minimum atomic E-state index is 0.353. The number of aromatic nitrogens is 4. The molecule has 0 spiro atoms. The Morgan fingerprint density at radius 1 is 1.07 bits per heavy atom. The van der Waals surface area contributed by atoms with Gasteiger partial charge in [0.15, 0.2) is 0 Å². The molecule has 0 amide bonds. The van der Waals surface area contributed by atoms with Gasteiger partial charge in [-0.2, -0.15) is 14.8 Å². The van der Waals surface area contributed by atoms with E-state index in [1.165, 1.54) is 12.8 Å². The summed E-state index contributed by atoms with van der Waals surface area (Å²) in [6.45, 7) is 5.97. The first kappa shape index (κ1) is 17.8. The molecule has 7 nitrogen and oxygen atoms in total. The van der Waals surface area contributed by atoms with Crippen LogP contribution in [0.25, 0.3) is 16.9 Å². The van der Waals surface area contributed by atoms with E-state index in [9.17, 15) is 0 Å². The van der Waals surface area contributed by atoms with Gasteiger partial charge in [-0.25, -0.2) is 0 Å². The number of benzene rings is 1. The van der Waals surface area contributed by atoms with Crippen molar-refractivity contribution in [3.8, 4) is 5.95 Å². The highest BCUT2D eigenvalue weighted by Crippen LogP contribution is 2.34. The van der Waals surface area contributed by atoms with Gasteiger partial charge in [-0.05, 0) is 43.3 Å². The molecule has 1 saturated carbocycles. The second-order valence-electron chi connectivity index (χ2n) is 7.82. The molecule has 0 bridgehead atoms. The maximum Gasteiger partial charge on any atom is 0.291 e. The predicted molar refractivity (Wildman–Crippen MR) is 106 cm³/mol. The summed E-state index contributed by atoms with van der Waals surface area (Å²) in [5.41, 5.74) is 2.09. The standard InChI is InChI=1S/C21H27N5O2/c1-2-18-17-5-3-4-6-19(17)26(23-18)21-22-20(28-24-21)15-7-9-16(10-8-15)25-11-13-27-14-12-25/h3-6,15-16H,2,7-14H2,1H3. The fourth-order valence-corrected chi connectivity index (χ4v) is 4.65. The molecule has 0 radical (unpaired) electrons. The lowest BCUT2D eigenvalue weighted by Gasteiger charge is -2.38. The summed E-state index contributed by atoms with van der Waals surface area (Å²) in [5.74, 6) is 1.65. The molecule has 28 heavy (non-hydrogen) atoms. The van der Waals surface area contributed by atoms with Gasteiger partial charge in [-0.3, -0.25) is 4.90 Å². The second-order valence-corrected chi connectivity index (χ2v) is 7.82. The molecule has 7 heteroatoms. The van der Waals surface area contributed by atoms with Crippen molar-refractivity contribution in [2.45, 2.75) is 51.0 Å². The maximum atomic E-state index is 5.68. The molecule has 1 aromatic carbocycles. The van der Waals surface area contributed by atoms with E-state index >= 15 is 0 Å². The molecule has 2 aromatic heterocycles. The van der Waals surface area contributed by atoms with Crippen LogP contribution in [0.4, 0.5) is 0 Å². The van der Waals surface area contributed by atoms with Crippen molar-refractivity contribution < 1.29 is 9.26 Å². The fourth-order valence-electron chi connectivity index (χ4n) is 4.65. The number of para-hydroxylation sites is 1. The normalized spacial score (nSPS) is 24.0. The zero-order valence-electron chi connectivity index (χ0n) is 16.4. The van der Waals surface area contributed by atoms with Crippen LogP contribution in [-0.2, 0) is 11.2 Å². The molecular formula is C21H27N5O2. The quantitative estimate of drug-likeness (QED) is 0.690. The third-order valence-corrected chi connectivity index (χ3v) is 6.23. The third kappa shape index (κ3) is 3.22. The molecule has 0 N–H and O–H groups in total. The molecular weight excluding hydrogens is 354 g/mol. The zero-order valence-corrected chi connectivity index (χ0v) is 16.4. The van der Waals surface area contributed by atoms with Gasteiger partial charge in [0, 0.05) is 30.4 Å². The lowest BCUT2D eigenvalue weighted by Crippen LogP contribution is -2.44. The Morgan fingerprint density at radius 2 is 1.86 bits per heavy atom. The van der Waals surface area contributed by atoms with Crippen LogP contribution >= 0.6 is 0 Å². The Labute approximate surface area is 164 Å². The number of ether oxygens (including phenoxy) is 1.